The predicted octanol–water partition coefficient (Wildman–Crippen LogP) is 4.54. The number of hydrogen-bond acceptors (Lipinski definition) is 5. The first kappa shape index (κ1) is 22.0. The number of nitrogens with one attached hydrogen (secondary N) is 1. The van der Waals surface area contributed by atoms with Crippen molar-refractivity contribution in [1.29, 1.82) is 0 Å². The summed E-state index contributed by atoms with van der Waals surface area (Å²) in [5.74, 6) is 0.0198. The molecule has 3 aromatic rings. The van der Waals surface area contributed by atoms with Crippen LogP contribution in [0.2, 0.25) is 5.15 Å². The van der Waals surface area contributed by atoms with Crippen LogP contribution in [0.1, 0.15) is 52.7 Å². The van der Waals surface area contributed by atoms with Gasteiger partial charge in [-0.1, -0.05) is 42.8 Å². The van der Waals surface area contributed by atoms with Crippen molar-refractivity contribution >= 4 is 38.7 Å². The lowest BCUT2D eigenvalue weighted by molar-refractivity contribution is 0.0975. The number of carbonyl (C=O) groups excluding carboxylic acids is 1. The Bertz CT molecular complexity index is 1330. The molecule has 0 radical (unpaired) electrons. The van der Waals surface area contributed by atoms with Crippen LogP contribution in [0.25, 0.3) is 0 Å². The largest absolute Gasteiger partial charge is 0.360 e. The molecule has 1 aromatic heterocycles. The van der Waals surface area contributed by atoms with Crippen LogP contribution >= 0.6 is 11.6 Å². The fraction of sp³-hybridized carbons (Fsp3) is 0.333. The summed E-state index contributed by atoms with van der Waals surface area (Å²) in [6, 6.07) is 15.0. The number of aryl methyl sites for hydroxylation is 2. The second-order valence-corrected chi connectivity index (χ2v) is 11.2. The van der Waals surface area contributed by atoms with Gasteiger partial charge in [0, 0.05) is 11.4 Å². The van der Waals surface area contributed by atoms with E-state index in [0.717, 1.165) is 17.8 Å². The molecule has 9 heteroatoms. The fourth-order valence-corrected chi connectivity index (χ4v) is 6.78. The molecule has 1 fully saturated rings. The summed E-state index contributed by atoms with van der Waals surface area (Å²) in [5, 5.41) is 8.44. The number of nitrogens with zero attached hydrogens (tertiary/aromatic N) is 3. The molecule has 2 aliphatic rings. The molecule has 7 nitrogen and oxygen atoms in total. The van der Waals surface area contributed by atoms with E-state index in [2.05, 4.69) is 17.3 Å². The van der Waals surface area contributed by atoms with Crippen molar-refractivity contribution in [3.63, 3.8) is 0 Å². The number of fused-ring (bicyclic) bond motifs is 1. The summed E-state index contributed by atoms with van der Waals surface area (Å²) in [7, 11) is -3.10. The van der Waals surface area contributed by atoms with E-state index >= 15 is 0 Å². The van der Waals surface area contributed by atoms with E-state index in [1.165, 1.54) is 5.56 Å². The van der Waals surface area contributed by atoms with E-state index < -0.39 is 16.0 Å². The van der Waals surface area contributed by atoms with Crippen molar-refractivity contribution in [2.45, 2.75) is 38.9 Å². The van der Waals surface area contributed by atoms with Gasteiger partial charge in [0.05, 0.1) is 34.4 Å². The van der Waals surface area contributed by atoms with Crippen LogP contribution in [0.5, 0.6) is 0 Å². The van der Waals surface area contributed by atoms with Crippen LogP contribution in [0, 0.1) is 6.92 Å². The van der Waals surface area contributed by atoms with Crippen LogP contribution in [0.3, 0.4) is 0 Å². The van der Waals surface area contributed by atoms with E-state index in [1.807, 2.05) is 49.4 Å². The number of benzene rings is 2. The van der Waals surface area contributed by atoms with Gasteiger partial charge in [-0.2, -0.15) is 5.10 Å². The third kappa shape index (κ3) is 3.81. The lowest BCUT2D eigenvalue weighted by Crippen LogP contribution is -2.43. The number of para-hydroxylation sites is 1. The highest BCUT2D eigenvalue weighted by Crippen LogP contribution is 2.41. The SMILES string of the molecule is CCc1ccc(N2C(=O)c3ccccc3N[C@@H]2c2c(C)nn([C@H]3CCS(=O)(=O)C3)c2Cl)cc1. The highest BCUT2D eigenvalue weighted by atomic mass is 35.5. The van der Waals surface area contributed by atoms with E-state index in [0.29, 0.717) is 28.4 Å². The van der Waals surface area contributed by atoms with Gasteiger partial charge in [-0.15, -0.1) is 0 Å². The number of halogens is 1. The summed E-state index contributed by atoms with van der Waals surface area (Å²) >= 11 is 6.84. The summed E-state index contributed by atoms with van der Waals surface area (Å²) in [6.45, 7) is 3.93. The molecule has 2 atom stereocenters. The molecule has 1 amide bonds. The molecule has 5 rings (SSSR count). The van der Waals surface area contributed by atoms with Crippen LogP contribution in [-0.4, -0.2) is 35.6 Å². The molecule has 172 valence electrons. The lowest BCUT2D eigenvalue weighted by atomic mass is 10.0. The van der Waals surface area contributed by atoms with E-state index in [4.69, 9.17) is 11.6 Å². The number of hydrogen-bond donors (Lipinski definition) is 1. The Labute approximate surface area is 198 Å². The third-order valence-corrected chi connectivity index (χ3v) is 8.58. The van der Waals surface area contributed by atoms with Crippen molar-refractivity contribution in [1.82, 2.24) is 9.78 Å². The van der Waals surface area contributed by atoms with Crippen molar-refractivity contribution in [3.05, 3.63) is 76.1 Å². The number of sulfone groups is 1. The van der Waals surface area contributed by atoms with Gasteiger partial charge in [0.1, 0.15) is 11.3 Å². The van der Waals surface area contributed by atoms with Gasteiger partial charge in [-0.25, -0.2) is 13.1 Å². The Morgan fingerprint density at radius 1 is 1.15 bits per heavy atom. The molecule has 0 spiro atoms. The fourth-order valence-electron chi connectivity index (χ4n) is 4.67. The smallest absolute Gasteiger partial charge is 0.262 e. The zero-order chi connectivity index (χ0) is 23.3. The Hall–Kier alpha value is -2.84. The van der Waals surface area contributed by atoms with E-state index in [-0.39, 0.29) is 23.5 Å². The monoisotopic (exact) mass is 484 g/mol. The minimum absolute atomic E-state index is 0.0231. The molecule has 0 aliphatic carbocycles. The normalized spacial score (nSPS) is 21.7. The maximum Gasteiger partial charge on any atom is 0.262 e. The Balaban J connectivity index is 1.62. The zero-order valence-corrected chi connectivity index (χ0v) is 20.0. The Kier molecular flexibility index (Phi) is 5.45. The molecule has 2 aliphatic heterocycles. The van der Waals surface area contributed by atoms with Gasteiger partial charge in [0.15, 0.2) is 9.84 Å². The number of rotatable bonds is 4. The maximum atomic E-state index is 13.7. The minimum atomic E-state index is -3.10. The second-order valence-electron chi connectivity index (χ2n) is 8.58. The van der Waals surface area contributed by atoms with Gasteiger partial charge in [-0.05, 0) is 49.6 Å². The average Bonchev–Trinajstić information content (AvgIpc) is 3.31. The second kappa shape index (κ2) is 8.18. The molecule has 3 heterocycles. The number of amides is 1. The van der Waals surface area contributed by atoms with Crippen molar-refractivity contribution in [2.75, 3.05) is 21.7 Å². The highest BCUT2D eigenvalue weighted by Gasteiger charge is 2.39. The average molecular weight is 485 g/mol. The van der Waals surface area contributed by atoms with Gasteiger partial charge in [0.25, 0.3) is 5.91 Å². The molecule has 0 saturated carbocycles. The summed E-state index contributed by atoms with van der Waals surface area (Å²) in [6.07, 6.45) is 0.796. The van der Waals surface area contributed by atoms with Crippen LogP contribution in [-0.2, 0) is 16.3 Å². The van der Waals surface area contributed by atoms with Crippen molar-refractivity contribution < 1.29 is 13.2 Å². The molecular weight excluding hydrogens is 460 g/mol. The first-order valence-corrected chi connectivity index (χ1v) is 13.2. The summed E-state index contributed by atoms with van der Waals surface area (Å²) < 4.78 is 25.7. The molecule has 1 saturated heterocycles. The first-order chi connectivity index (χ1) is 15.8. The number of anilines is 2. The van der Waals surface area contributed by atoms with Crippen LogP contribution < -0.4 is 10.2 Å². The van der Waals surface area contributed by atoms with Gasteiger partial charge < -0.3 is 5.32 Å². The summed E-state index contributed by atoms with van der Waals surface area (Å²) in [5.41, 5.74) is 4.55. The standard InChI is InChI=1S/C24H25ClN4O3S/c1-3-16-8-10-17(11-9-16)28-23(26-20-7-5-4-6-19(20)24(28)30)21-15(2)27-29(22(21)25)18-12-13-33(31,32)14-18/h4-11,18,23,26H,3,12-14H2,1-2H3/t18-,23-/m0/s1. The lowest BCUT2D eigenvalue weighted by Gasteiger charge is -2.38. The summed E-state index contributed by atoms with van der Waals surface area (Å²) in [4.78, 5) is 15.4. The first-order valence-electron chi connectivity index (χ1n) is 11.0. The molecule has 0 unspecified atom stereocenters. The Morgan fingerprint density at radius 2 is 1.88 bits per heavy atom. The van der Waals surface area contributed by atoms with Crippen LogP contribution in [0.4, 0.5) is 11.4 Å². The molecule has 0 bridgehead atoms. The number of aromatic nitrogens is 2. The predicted molar refractivity (Wildman–Crippen MR) is 130 cm³/mol. The third-order valence-electron chi connectivity index (χ3n) is 6.45. The van der Waals surface area contributed by atoms with Gasteiger partial charge >= 0.3 is 0 Å². The van der Waals surface area contributed by atoms with Gasteiger partial charge in [0.2, 0.25) is 0 Å². The van der Waals surface area contributed by atoms with Crippen LogP contribution in [0.15, 0.2) is 48.5 Å². The zero-order valence-electron chi connectivity index (χ0n) is 18.5. The van der Waals surface area contributed by atoms with Crippen molar-refractivity contribution in [2.24, 2.45) is 0 Å². The minimum Gasteiger partial charge on any atom is -0.360 e. The molecular formula is C24H25ClN4O3S. The van der Waals surface area contributed by atoms with E-state index in [1.54, 1.807) is 15.6 Å². The highest BCUT2D eigenvalue weighted by molar-refractivity contribution is 7.91. The molecule has 2 aromatic carbocycles. The quantitative estimate of drug-likeness (QED) is 0.587. The molecule has 1 N–H and O–H groups in total. The number of carbonyl (C=O) groups is 1. The van der Waals surface area contributed by atoms with Crippen molar-refractivity contribution in [3.8, 4) is 0 Å². The van der Waals surface area contributed by atoms with Gasteiger partial charge in [-0.3, -0.25) is 9.69 Å². The maximum absolute atomic E-state index is 13.7. The molecule has 33 heavy (non-hydrogen) atoms. The Morgan fingerprint density at radius 3 is 2.55 bits per heavy atom. The van der Waals surface area contributed by atoms with E-state index in [9.17, 15) is 13.2 Å². The topological polar surface area (TPSA) is 84.3 Å².